The highest BCUT2D eigenvalue weighted by Crippen LogP contribution is 2.33. The monoisotopic (exact) mass is 320 g/mol. The number of rotatable bonds is 4. The van der Waals surface area contributed by atoms with Crippen molar-refractivity contribution in [1.29, 1.82) is 0 Å². The summed E-state index contributed by atoms with van der Waals surface area (Å²) in [6.45, 7) is 4.00. The first-order chi connectivity index (χ1) is 10.6. The lowest BCUT2D eigenvalue weighted by molar-refractivity contribution is -0.147. The second kappa shape index (κ2) is 6.20. The molecule has 118 valence electrons. The first-order valence-corrected chi connectivity index (χ1v) is 8.63. The molecule has 0 aliphatic heterocycles. The maximum atomic E-state index is 12.8. The van der Waals surface area contributed by atoms with Gasteiger partial charge in [0.05, 0.1) is 18.3 Å². The standard InChI is InChI=1S/C16H20N2O3S/c1-3-8-21-16(20)10(2)18-9-17-14-13(15(18)19)11-6-4-5-7-12(11)22-14/h9-10H,3-8H2,1-2H3/t10-/m1/s1. The molecular formula is C16H20N2O3S. The zero-order chi connectivity index (χ0) is 15.7. The van der Waals surface area contributed by atoms with E-state index in [4.69, 9.17) is 4.74 Å². The van der Waals surface area contributed by atoms with Crippen LogP contribution in [0.3, 0.4) is 0 Å². The molecule has 0 radical (unpaired) electrons. The molecule has 2 heterocycles. The zero-order valence-corrected chi connectivity index (χ0v) is 13.7. The van der Waals surface area contributed by atoms with Crippen LogP contribution in [0.4, 0.5) is 0 Å². The van der Waals surface area contributed by atoms with Gasteiger partial charge in [-0.2, -0.15) is 0 Å². The summed E-state index contributed by atoms with van der Waals surface area (Å²) in [6, 6.07) is -0.643. The van der Waals surface area contributed by atoms with Crippen molar-refractivity contribution in [2.24, 2.45) is 0 Å². The maximum Gasteiger partial charge on any atom is 0.328 e. The largest absolute Gasteiger partial charge is 0.464 e. The normalized spacial score (nSPS) is 15.5. The van der Waals surface area contributed by atoms with Crippen LogP contribution in [0.1, 0.15) is 49.6 Å². The third-order valence-corrected chi connectivity index (χ3v) is 5.31. The summed E-state index contributed by atoms with van der Waals surface area (Å²) < 4.78 is 6.55. The number of aromatic nitrogens is 2. The summed E-state index contributed by atoms with van der Waals surface area (Å²) in [5.41, 5.74) is 1.03. The summed E-state index contributed by atoms with van der Waals surface area (Å²) in [5, 5.41) is 0.706. The van der Waals surface area contributed by atoms with Gasteiger partial charge in [0.2, 0.25) is 0 Å². The Labute approximate surface area is 132 Å². The van der Waals surface area contributed by atoms with Gasteiger partial charge < -0.3 is 4.74 Å². The quantitative estimate of drug-likeness (QED) is 0.813. The fourth-order valence-electron chi connectivity index (χ4n) is 2.87. The Morgan fingerprint density at radius 3 is 3.00 bits per heavy atom. The van der Waals surface area contributed by atoms with E-state index in [1.807, 2.05) is 6.92 Å². The number of hydrogen-bond acceptors (Lipinski definition) is 5. The van der Waals surface area contributed by atoms with Crippen LogP contribution in [-0.4, -0.2) is 22.1 Å². The fourth-order valence-corrected chi connectivity index (χ4v) is 4.09. The number of carbonyl (C=O) groups is 1. The predicted molar refractivity (Wildman–Crippen MR) is 86.5 cm³/mol. The van der Waals surface area contributed by atoms with E-state index in [1.165, 1.54) is 22.2 Å². The second-order valence-corrected chi connectivity index (χ2v) is 6.78. The number of aryl methyl sites for hydroxylation is 2. The van der Waals surface area contributed by atoms with Gasteiger partial charge in [0.1, 0.15) is 10.9 Å². The number of nitrogens with zero attached hydrogens (tertiary/aromatic N) is 2. The van der Waals surface area contributed by atoms with E-state index in [-0.39, 0.29) is 11.5 Å². The lowest BCUT2D eigenvalue weighted by Crippen LogP contribution is -2.30. The Morgan fingerprint density at radius 1 is 1.45 bits per heavy atom. The van der Waals surface area contributed by atoms with E-state index in [1.54, 1.807) is 18.3 Å². The van der Waals surface area contributed by atoms with E-state index in [9.17, 15) is 9.59 Å². The number of carbonyl (C=O) groups excluding carboxylic acids is 1. The molecule has 0 bridgehead atoms. The van der Waals surface area contributed by atoms with Gasteiger partial charge in [-0.15, -0.1) is 11.3 Å². The number of hydrogen-bond donors (Lipinski definition) is 0. The first kappa shape index (κ1) is 15.2. The minimum atomic E-state index is -0.643. The lowest BCUT2D eigenvalue weighted by Gasteiger charge is -2.14. The van der Waals surface area contributed by atoms with Crippen molar-refractivity contribution in [3.05, 3.63) is 27.1 Å². The van der Waals surface area contributed by atoms with E-state index in [2.05, 4.69) is 4.98 Å². The molecule has 1 aliphatic rings. The van der Waals surface area contributed by atoms with Crippen LogP contribution in [0, 0.1) is 0 Å². The van der Waals surface area contributed by atoms with Gasteiger partial charge in [0, 0.05) is 4.88 Å². The molecule has 0 N–H and O–H groups in total. The fraction of sp³-hybridized carbons (Fsp3) is 0.562. The molecule has 6 heteroatoms. The van der Waals surface area contributed by atoms with Crippen molar-refractivity contribution < 1.29 is 9.53 Å². The molecule has 0 spiro atoms. The van der Waals surface area contributed by atoms with Crippen LogP contribution >= 0.6 is 11.3 Å². The summed E-state index contributed by atoms with van der Waals surface area (Å²) >= 11 is 1.62. The minimum absolute atomic E-state index is 0.120. The molecule has 0 fully saturated rings. The van der Waals surface area contributed by atoms with Crippen LogP contribution < -0.4 is 5.56 Å². The van der Waals surface area contributed by atoms with Crippen molar-refractivity contribution >= 4 is 27.5 Å². The Balaban J connectivity index is 2.03. The zero-order valence-electron chi connectivity index (χ0n) is 12.9. The average Bonchev–Trinajstić information content (AvgIpc) is 2.91. The molecule has 0 aromatic carbocycles. The minimum Gasteiger partial charge on any atom is -0.464 e. The van der Waals surface area contributed by atoms with Crippen LogP contribution in [-0.2, 0) is 22.4 Å². The average molecular weight is 320 g/mol. The first-order valence-electron chi connectivity index (χ1n) is 7.81. The third-order valence-electron chi connectivity index (χ3n) is 4.11. The molecule has 0 saturated heterocycles. The van der Waals surface area contributed by atoms with Gasteiger partial charge in [0.25, 0.3) is 5.56 Å². The summed E-state index contributed by atoms with van der Waals surface area (Å²) in [7, 11) is 0. The van der Waals surface area contributed by atoms with Crippen LogP contribution in [0.25, 0.3) is 10.2 Å². The van der Waals surface area contributed by atoms with Gasteiger partial charge in [-0.1, -0.05) is 6.92 Å². The SMILES string of the molecule is CCCOC(=O)[C@@H](C)n1cnc2sc3c(c2c1=O)CCCC3. The van der Waals surface area contributed by atoms with Crippen molar-refractivity contribution in [2.75, 3.05) is 6.61 Å². The third kappa shape index (κ3) is 2.56. The van der Waals surface area contributed by atoms with Gasteiger partial charge in [0.15, 0.2) is 0 Å². The Kier molecular flexibility index (Phi) is 4.29. The van der Waals surface area contributed by atoms with E-state index < -0.39 is 6.04 Å². The predicted octanol–water partition coefficient (Wildman–Crippen LogP) is 2.85. The van der Waals surface area contributed by atoms with Gasteiger partial charge >= 0.3 is 5.97 Å². The van der Waals surface area contributed by atoms with Crippen LogP contribution in [0.2, 0.25) is 0 Å². The second-order valence-electron chi connectivity index (χ2n) is 5.69. The Hall–Kier alpha value is -1.69. The van der Waals surface area contributed by atoms with Crippen molar-refractivity contribution in [3.63, 3.8) is 0 Å². The highest BCUT2D eigenvalue weighted by atomic mass is 32.1. The molecule has 2 aromatic heterocycles. The molecule has 5 nitrogen and oxygen atoms in total. The van der Waals surface area contributed by atoms with Gasteiger partial charge in [-0.3, -0.25) is 9.36 Å². The highest BCUT2D eigenvalue weighted by molar-refractivity contribution is 7.18. The van der Waals surface area contributed by atoms with Crippen LogP contribution in [0.15, 0.2) is 11.1 Å². The van der Waals surface area contributed by atoms with Crippen molar-refractivity contribution in [2.45, 2.75) is 52.0 Å². The number of thiophene rings is 1. The number of fused-ring (bicyclic) bond motifs is 3. The number of esters is 1. The Bertz CT molecular complexity index is 763. The van der Waals surface area contributed by atoms with Crippen LogP contribution in [0.5, 0.6) is 0 Å². The van der Waals surface area contributed by atoms with Crippen molar-refractivity contribution in [1.82, 2.24) is 9.55 Å². The molecule has 2 aromatic rings. The summed E-state index contributed by atoms with van der Waals surface area (Å²) in [4.78, 5) is 31.3. The van der Waals surface area contributed by atoms with E-state index in [0.717, 1.165) is 36.1 Å². The smallest absolute Gasteiger partial charge is 0.328 e. The van der Waals surface area contributed by atoms with Crippen molar-refractivity contribution in [3.8, 4) is 0 Å². The summed E-state index contributed by atoms with van der Waals surface area (Å²) in [5.74, 6) is -0.380. The molecule has 0 saturated carbocycles. The molecule has 1 atom stereocenters. The highest BCUT2D eigenvalue weighted by Gasteiger charge is 2.23. The van der Waals surface area contributed by atoms with Gasteiger partial charge in [-0.05, 0) is 44.6 Å². The van der Waals surface area contributed by atoms with Gasteiger partial charge in [-0.25, -0.2) is 9.78 Å². The van der Waals surface area contributed by atoms with E-state index in [0.29, 0.717) is 12.0 Å². The summed E-state index contributed by atoms with van der Waals surface area (Å²) in [6.07, 6.45) is 6.50. The molecule has 22 heavy (non-hydrogen) atoms. The van der Waals surface area contributed by atoms with E-state index >= 15 is 0 Å². The lowest BCUT2D eigenvalue weighted by atomic mass is 9.97. The topological polar surface area (TPSA) is 61.2 Å². The molecule has 3 rings (SSSR count). The maximum absolute atomic E-state index is 12.8. The molecular weight excluding hydrogens is 300 g/mol. The molecule has 1 aliphatic carbocycles. The molecule has 0 unspecified atom stereocenters. The molecule has 0 amide bonds. The number of ether oxygens (including phenoxy) is 1. The Morgan fingerprint density at radius 2 is 2.23 bits per heavy atom.